The van der Waals surface area contributed by atoms with Gasteiger partial charge in [-0.15, -0.1) is 0 Å². The van der Waals surface area contributed by atoms with Crippen LogP contribution >= 0.6 is 0 Å². The van der Waals surface area contributed by atoms with Crippen molar-refractivity contribution in [1.29, 1.82) is 0 Å². The van der Waals surface area contributed by atoms with E-state index < -0.39 is 0 Å². The van der Waals surface area contributed by atoms with Crippen molar-refractivity contribution < 1.29 is 8.78 Å². The fourth-order valence-corrected chi connectivity index (χ4v) is 0.785. The highest BCUT2D eigenvalue weighted by Crippen LogP contribution is 2.05. The molecule has 13 heavy (non-hydrogen) atoms. The zero-order valence-corrected chi connectivity index (χ0v) is 8.77. The van der Waals surface area contributed by atoms with Crippen LogP contribution in [0.15, 0.2) is 24.3 Å². The molecule has 1 aromatic rings. The Labute approximate surface area is 79.6 Å². The molecule has 0 saturated carbocycles. The highest BCUT2D eigenvalue weighted by atomic mass is 19.1. The fourth-order valence-electron chi connectivity index (χ4n) is 0.785. The molecule has 0 aromatic heterocycles. The Balaban J connectivity index is 0. The van der Waals surface area contributed by atoms with Crippen molar-refractivity contribution in [2.45, 2.75) is 27.2 Å². The van der Waals surface area contributed by atoms with Crippen molar-refractivity contribution in [2.24, 2.45) is 0 Å². The fraction of sp³-hybridized carbons (Fsp3) is 0.455. The highest BCUT2D eigenvalue weighted by Gasteiger charge is 1.93. The number of benzene rings is 1. The maximum Gasteiger partial charge on any atom is 0.126 e. The first-order valence-corrected chi connectivity index (χ1v) is 4.45. The van der Waals surface area contributed by atoms with Crippen molar-refractivity contribution in [3.63, 3.8) is 0 Å². The van der Waals surface area contributed by atoms with Crippen molar-refractivity contribution in [1.82, 2.24) is 0 Å². The van der Waals surface area contributed by atoms with Crippen molar-refractivity contribution in [3.05, 3.63) is 35.6 Å². The third kappa shape index (κ3) is 6.26. The van der Waals surface area contributed by atoms with E-state index in [2.05, 4.69) is 0 Å². The highest BCUT2D eigenvalue weighted by molar-refractivity contribution is 5.16. The van der Waals surface area contributed by atoms with Crippen molar-refractivity contribution in [2.75, 3.05) is 7.18 Å². The third-order valence-corrected chi connectivity index (χ3v) is 1.34. The van der Waals surface area contributed by atoms with Gasteiger partial charge in [-0.2, -0.15) is 0 Å². The summed E-state index contributed by atoms with van der Waals surface area (Å²) < 4.78 is 22.1. The molecule has 0 bridgehead atoms. The number of hydrogen-bond donors (Lipinski definition) is 0. The lowest BCUT2D eigenvalue weighted by Gasteiger charge is -1.94. The zero-order chi connectivity index (χ0) is 10.7. The minimum Gasteiger partial charge on any atom is -0.255 e. The van der Waals surface area contributed by atoms with Gasteiger partial charge in [0.1, 0.15) is 5.82 Å². The van der Waals surface area contributed by atoms with E-state index in [0.717, 1.165) is 12.0 Å². The maximum atomic E-state index is 12.6. The molecule has 1 aromatic carbocycles. The lowest BCUT2D eigenvalue weighted by Crippen LogP contribution is -1.83. The lowest BCUT2D eigenvalue weighted by molar-refractivity contribution is 0.612. The summed E-state index contributed by atoms with van der Waals surface area (Å²) in [6, 6.07) is 6.84. The molecule has 0 nitrogen and oxygen atoms in total. The van der Waals surface area contributed by atoms with E-state index in [0.29, 0.717) is 7.18 Å². The second-order valence-electron chi connectivity index (χ2n) is 1.94. The monoisotopic (exact) mass is 188 g/mol. The molecule has 0 aliphatic carbocycles. The van der Waals surface area contributed by atoms with Gasteiger partial charge >= 0.3 is 0 Å². The van der Waals surface area contributed by atoms with Crippen LogP contribution in [0.1, 0.15) is 26.3 Å². The van der Waals surface area contributed by atoms with Crippen LogP contribution < -0.4 is 0 Å². The number of alkyl halides is 1. The molecule has 0 radical (unpaired) electrons. The van der Waals surface area contributed by atoms with Crippen LogP contribution in [0.25, 0.3) is 0 Å². The maximum absolute atomic E-state index is 12.6. The van der Waals surface area contributed by atoms with Crippen LogP contribution in [0.4, 0.5) is 8.78 Å². The van der Waals surface area contributed by atoms with Crippen LogP contribution in [0.3, 0.4) is 0 Å². The predicted octanol–water partition coefficient (Wildman–Crippen LogP) is 4.00. The minimum atomic E-state index is -0.0972. The molecule has 0 aliphatic heterocycles. The predicted molar refractivity (Wildman–Crippen MR) is 54.2 cm³/mol. The van der Waals surface area contributed by atoms with E-state index in [4.69, 9.17) is 0 Å². The van der Waals surface area contributed by atoms with Crippen LogP contribution in [-0.2, 0) is 6.42 Å². The van der Waals surface area contributed by atoms with E-state index in [1.807, 2.05) is 26.8 Å². The molecule has 2 heteroatoms. The van der Waals surface area contributed by atoms with Gasteiger partial charge in [0.05, 0.1) is 7.18 Å². The van der Waals surface area contributed by atoms with Crippen LogP contribution in [0, 0.1) is 5.82 Å². The molecule has 0 N–H and O–H groups in total. The first-order chi connectivity index (χ1) is 6.34. The van der Waals surface area contributed by atoms with Gasteiger partial charge in [0, 0.05) is 0 Å². The Kier molecular flexibility index (Phi) is 12.4. The van der Waals surface area contributed by atoms with Gasteiger partial charge in [-0.3, -0.25) is 4.39 Å². The molecular formula is C11H18F2. The molecule has 1 rings (SSSR count). The van der Waals surface area contributed by atoms with Crippen LogP contribution in [-0.4, -0.2) is 7.18 Å². The SMILES string of the molecule is CC.CCc1ccccc1F.CF. The molecule has 0 unspecified atom stereocenters. The summed E-state index contributed by atoms with van der Waals surface area (Å²) in [5, 5.41) is 0. The Bertz CT molecular complexity index is 197. The topological polar surface area (TPSA) is 0 Å². The molecule has 0 amide bonds. The molecule has 0 spiro atoms. The first kappa shape index (κ1) is 14.6. The van der Waals surface area contributed by atoms with Crippen molar-refractivity contribution in [3.8, 4) is 0 Å². The summed E-state index contributed by atoms with van der Waals surface area (Å²) in [5.74, 6) is -0.0972. The van der Waals surface area contributed by atoms with Gasteiger partial charge in [-0.1, -0.05) is 39.0 Å². The van der Waals surface area contributed by atoms with Gasteiger partial charge in [-0.25, -0.2) is 4.39 Å². The summed E-state index contributed by atoms with van der Waals surface area (Å²) >= 11 is 0. The van der Waals surface area contributed by atoms with Gasteiger partial charge in [0.25, 0.3) is 0 Å². The molecule has 0 heterocycles. The van der Waals surface area contributed by atoms with Gasteiger partial charge in [-0.05, 0) is 18.1 Å². The Morgan fingerprint density at radius 3 is 1.85 bits per heavy atom. The lowest BCUT2D eigenvalue weighted by atomic mass is 10.2. The van der Waals surface area contributed by atoms with E-state index in [-0.39, 0.29) is 5.82 Å². The summed E-state index contributed by atoms with van der Waals surface area (Å²) in [4.78, 5) is 0. The number of aryl methyl sites for hydroxylation is 1. The van der Waals surface area contributed by atoms with Crippen LogP contribution in [0.5, 0.6) is 0 Å². The average Bonchev–Trinajstić information content (AvgIpc) is 2.24. The van der Waals surface area contributed by atoms with E-state index in [9.17, 15) is 8.78 Å². The van der Waals surface area contributed by atoms with Gasteiger partial charge < -0.3 is 0 Å². The molecule has 76 valence electrons. The second kappa shape index (κ2) is 11.1. The Morgan fingerprint density at radius 1 is 1.08 bits per heavy atom. The Morgan fingerprint density at radius 2 is 1.54 bits per heavy atom. The largest absolute Gasteiger partial charge is 0.255 e. The van der Waals surface area contributed by atoms with Gasteiger partial charge in [0.2, 0.25) is 0 Å². The summed E-state index contributed by atoms with van der Waals surface area (Å²) in [5.41, 5.74) is 0.789. The second-order valence-corrected chi connectivity index (χ2v) is 1.94. The summed E-state index contributed by atoms with van der Waals surface area (Å²) in [7, 11) is 0.500. The quantitative estimate of drug-likeness (QED) is 0.625. The average molecular weight is 188 g/mol. The van der Waals surface area contributed by atoms with E-state index in [1.54, 1.807) is 12.1 Å². The van der Waals surface area contributed by atoms with E-state index >= 15 is 0 Å². The smallest absolute Gasteiger partial charge is 0.126 e. The number of hydrogen-bond acceptors (Lipinski definition) is 0. The summed E-state index contributed by atoms with van der Waals surface area (Å²) in [6.07, 6.45) is 0.771. The zero-order valence-electron chi connectivity index (χ0n) is 8.77. The Hall–Kier alpha value is -0.920. The molecule has 0 aliphatic rings. The normalized spacial score (nSPS) is 7.54. The van der Waals surface area contributed by atoms with Gasteiger partial charge in [0.15, 0.2) is 0 Å². The van der Waals surface area contributed by atoms with Crippen molar-refractivity contribution >= 4 is 0 Å². The molecule has 0 fully saturated rings. The number of halogens is 2. The van der Waals surface area contributed by atoms with E-state index in [1.165, 1.54) is 6.07 Å². The van der Waals surface area contributed by atoms with Crippen LogP contribution in [0.2, 0.25) is 0 Å². The number of rotatable bonds is 1. The molecule has 0 atom stereocenters. The third-order valence-electron chi connectivity index (χ3n) is 1.34. The first-order valence-electron chi connectivity index (χ1n) is 4.45. The standard InChI is InChI=1S/C8H9F.C2H6.CH3F/c1-2-7-5-3-4-6-8(7)9;2*1-2/h3-6H,2H2,1H3;1-2H3;1H3. The minimum absolute atomic E-state index is 0.0972. The molecular weight excluding hydrogens is 170 g/mol. The molecule has 0 saturated heterocycles. The summed E-state index contributed by atoms with van der Waals surface area (Å²) in [6.45, 7) is 5.94.